The summed E-state index contributed by atoms with van der Waals surface area (Å²) in [6, 6.07) is 17.7. The molecule has 2 aromatic rings. The van der Waals surface area contributed by atoms with Crippen molar-refractivity contribution in [3.63, 3.8) is 0 Å². The van der Waals surface area contributed by atoms with Crippen molar-refractivity contribution in [1.82, 2.24) is 5.43 Å². The Morgan fingerprint density at radius 1 is 1.04 bits per heavy atom. The molecule has 138 valence electrons. The predicted octanol–water partition coefficient (Wildman–Crippen LogP) is 5.08. The first-order valence-electron chi connectivity index (χ1n) is 9.36. The molecule has 0 aromatic heterocycles. The van der Waals surface area contributed by atoms with E-state index in [0.29, 0.717) is 13.0 Å². The Bertz CT molecular complexity index is 684. The van der Waals surface area contributed by atoms with Gasteiger partial charge in [0.1, 0.15) is 12.4 Å². The molecule has 2 aromatic carbocycles. The highest BCUT2D eigenvalue weighted by Gasteiger charge is 2.00. The first kappa shape index (κ1) is 19.7. The van der Waals surface area contributed by atoms with Crippen molar-refractivity contribution in [1.29, 1.82) is 0 Å². The summed E-state index contributed by atoms with van der Waals surface area (Å²) in [5, 5.41) is 4.04. The normalized spacial score (nSPS) is 10.8. The quantitative estimate of drug-likeness (QED) is 0.348. The van der Waals surface area contributed by atoms with Crippen molar-refractivity contribution in [2.75, 3.05) is 0 Å². The summed E-state index contributed by atoms with van der Waals surface area (Å²) in [7, 11) is 0. The number of hydrazone groups is 1. The van der Waals surface area contributed by atoms with Crippen LogP contribution in [0.3, 0.4) is 0 Å². The molecule has 0 bridgehead atoms. The molecule has 1 N–H and O–H groups in total. The molecule has 0 fully saturated rings. The number of ether oxygens (including phenoxy) is 1. The number of nitrogens with zero attached hydrogens (tertiary/aromatic N) is 1. The molecule has 4 heteroatoms. The molecule has 0 unspecified atom stereocenters. The van der Waals surface area contributed by atoms with Crippen LogP contribution in [0.15, 0.2) is 59.7 Å². The van der Waals surface area contributed by atoms with E-state index >= 15 is 0 Å². The van der Waals surface area contributed by atoms with E-state index in [0.717, 1.165) is 29.7 Å². The van der Waals surface area contributed by atoms with Crippen molar-refractivity contribution in [2.45, 2.75) is 52.1 Å². The van der Waals surface area contributed by atoms with Crippen LogP contribution >= 0.6 is 0 Å². The molecule has 1 amide bonds. The fraction of sp³-hybridized carbons (Fsp3) is 0.364. The van der Waals surface area contributed by atoms with E-state index in [-0.39, 0.29) is 5.91 Å². The van der Waals surface area contributed by atoms with Crippen LogP contribution in [0, 0.1) is 0 Å². The van der Waals surface area contributed by atoms with Crippen LogP contribution in [0.25, 0.3) is 0 Å². The first-order chi connectivity index (χ1) is 12.8. The summed E-state index contributed by atoms with van der Waals surface area (Å²) < 4.78 is 5.80. The molecule has 0 aliphatic carbocycles. The van der Waals surface area contributed by atoms with Crippen LogP contribution < -0.4 is 10.2 Å². The lowest BCUT2D eigenvalue weighted by Crippen LogP contribution is -2.16. The largest absolute Gasteiger partial charge is 0.489 e. The van der Waals surface area contributed by atoms with Crippen LogP contribution in [0.4, 0.5) is 0 Å². The Morgan fingerprint density at radius 3 is 2.65 bits per heavy atom. The van der Waals surface area contributed by atoms with Crippen LogP contribution in [0.2, 0.25) is 0 Å². The molecular formula is C22H28N2O2. The number of carbonyl (C=O) groups excluding carboxylic acids is 1. The summed E-state index contributed by atoms with van der Waals surface area (Å²) in [5.41, 5.74) is 4.60. The monoisotopic (exact) mass is 352 g/mol. The molecule has 0 atom stereocenters. The molecule has 26 heavy (non-hydrogen) atoms. The lowest BCUT2D eigenvalue weighted by Gasteiger charge is -2.06. The second-order valence-corrected chi connectivity index (χ2v) is 6.30. The lowest BCUT2D eigenvalue weighted by molar-refractivity contribution is -0.121. The van der Waals surface area contributed by atoms with Crippen molar-refractivity contribution in [3.05, 3.63) is 65.7 Å². The van der Waals surface area contributed by atoms with E-state index in [1.54, 1.807) is 6.21 Å². The Balaban J connectivity index is 1.73. The van der Waals surface area contributed by atoms with Crippen molar-refractivity contribution in [3.8, 4) is 5.75 Å². The number of carbonyl (C=O) groups is 1. The van der Waals surface area contributed by atoms with Gasteiger partial charge in [-0.05, 0) is 29.7 Å². The van der Waals surface area contributed by atoms with Crippen LogP contribution in [-0.4, -0.2) is 12.1 Å². The molecule has 0 spiro atoms. The number of unbranched alkanes of at least 4 members (excludes halogenated alkanes) is 4. The van der Waals surface area contributed by atoms with Gasteiger partial charge in [-0.1, -0.05) is 75.1 Å². The van der Waals surface area contributed by atoms with E-state index in [4.69, 9.17) is 4.74 Å². The minimum atomic E-state index is -0.0331. The number of nitrogens with one attached hydrogen (secondary N) is 1. The van der Waals surface area contributed by atoms with Gasteiger partial charge in [0.25, 0.3) is 0 Å². The van der Waals surface area contributed by atoms with Crippen molar-refractivity contribution < 1.29 is 9.53 Å². The molecule has 0 aliphatic heterocycles. The fourth-order valence-electron chi connectivity index (χ4n) is 2.55. The number of benzene rings is 2. The summed E-state index contributed by atoms with van der Waals surface area (Å²) in [5.74, 6) is 0.745. The molecule has 0 saturated heterocycles. The zero-order chi connectivity index (χ0) is 18.5. The molecule has 0 radical (unpaired) electrons. The standard InChI is InChI=1S/C22H28N2O2/c1-2-3-4-5-9-15-22(25)24-23-17-20-13-10-14-21(16-20)26-18-19-11-7-6-8-12-19/h6-8,10-14,16-17H,2-5,9,15,18H2,1H3,(H,24,25)/b23-17+. The summed E-state index contributed by atoms with van der Waals surface area (Å²) in [4.78, 5) is 11.7. The highest BCUT2D eigenvalue weighted by Crippen LogP contribution is 2.14. The third-order valence-corrected chi connectivity index (χ3v) is 4.02. The van der Waals surface area contributed by atoms with Crippen LogP contribution in [0.1, 0.15) is 56.6 Å². The minimum absolute atomic E-state index is 0.0331. The molecular weight excluding hydrogens is 324 g/mol. The zero-order valence-corrected chi connectivity index (χ0v) is 15.5. The van der Waals surface area contributed by atoms with Gasteiger partial charge >= 0.3 is 0 Å². The summed E-state index contributed by atoms with van der Waals surface area (Å²) >= 11 is 0. The van der Waals surface area contributed by atoms with E-state index in [1.807, 2.05) is 54.6 Å². The fourth-order valence-corrected chi connectivity index (χ4v) is 2.55. The van der Waals surface area contributed by atoms with Gasteiger partial charge in [0.05, 0.1) is 6.21 Å². The van der Waals surface area contributed by atoms with Gasteiger partial charge in [-0.2, -0.15) is 5.10 Å². The summed E-state index contributed by atoms with van der Waals surface area (Å²) in [6.45, 7) is 2.71. The predicted molar refractivity (Wildman–Crippen MR) is 106 cm³/mol. The molecule has 2 rings (SSSR count). The average molecular weight is 352 g/mol. The van der Waals surface area contributed by atoms with Gasteiger partial charge in [-0.15, -0.1) is 0 Å². The van der Waals surface area contributed by atoms with E-state index < -0.39 is 0 Å². The van der Waals surface area contributed by atoms with Gasteiger partial charge in [-0.25, -0.2) is 5.43 Å². The van der Waals surface area contributed by atoms with Gasteiger partial charge in [0, 0.05) is 6.42 Å². The second-order valence-electron chi connectivity index (χ2n) is 6.30. The second kappa shape index (κ2) is 11.9. The number of amides is 1. The maximum atomic E-state index is 11.7. The maximum absolute atomic E-state index is 11.7. The van der Waals surface area contributed by atoms with Crippen molar-refractivity contribution in [2.24, 2.45) is 5.10 Å². The zero-order valence-electron chi connectivity index (χ0n) is 15.5. The highest BCUT2D eigenvalue weighted by atomic mass is 16.5. The number of rotatable bonds is 11. The summed E-state index contributed by atoms with van der Waals surface area (Å²) in [6.07, 6.45) is 7.84. The third-order valence-electron chi connectivity index (χ3n) is 4.02. The smallest absolute Gasteiger partial charge is 0.240 e. The Morgan fingerprint density at radius 2 is 1.85 bits per heavy atom. The Hall–Kier alpha value is -2.62. The number of hydrogen-bond acceptors (Lipinski definition) is 3. The van der Waals surface area contributed by atoms with E-state index in [1.165, 1.54) is 19.3 Å². The average Bonchev–Trinajstić information content (AvgIpc) is 2.67. The van der Waals surface area contributed by atoms with Gasteiger partial charge < -0.3 is 4.74 Å². The molecule has 0 aliphatic rings. The topological polar surface area (TPSA) is 50.7 Å². The third kappa shape index (κ3) is 7.97. The Labute approximate surface area is 156 Å². The van der Waals surface area contributed by atoms with Crippen LogP contribution in [0.5, 0.6) is 5.75 Å². The molecule has 0 heterocycles. The van der Waals surface area contributed by atoms with E-state index in [2.05, 4.69) is 17.5 Å². The molecule has 0 saturated carbocycles. The lowest BCUT2D eigenvalue weighted by atomic mass is 10.1. The number of hydrogen-bond donors (Lipinski definition) is 1. The molecule has 4 nitrogen and oxygen atoms in total. The first-order valence-corrected chi connectivity index (χ1v) is 9.36. The van der Waals surface area contributed by atoms with Gasteiger partial charge in [0.15, 0.2) is 0 Å². The van der Waals surface area contributed by atoms with Crippen LogP contribution in [-0.2, 0) is 11.4 Å². The Kier molecular flexibility index (Phi) is 8.98. The maximum Gasteiger partial charge on any atom is 0.240 e. The minimum Gasteiger partial charge on any atom is -0.489 e. The SMILES string of the molecule is CCCCCCCC(=O)N/N=C/c1cccc(OCc2ccccc2)c1. The van der Waals surface area contributed by atoms with Gasteiger partial charge in [-0.3, -0.25) is 4.79 Å². The highest BCUT2D eigenvalue weighted by molar-refractivity contribution is 5.82. The van der Waals surface area contributed by atoms with Crippen molar-refractivity contribution >= 4 is 12.1 Å². The van der Waals surface area contributed by atoms with E-state index in [9.17, 15) is 4.79 Å². The van der Waals surface area contributed by atoms with Gasteiger partial charge in [0.2, 0.25) is 5.91 Å².